The predicted molar refractivity (Wildman–Crippen MR) is 43.7 cm³/mol. The SMILES string of the molecule is CCc1ccc(C=O)c(C)n1. The van der Waals surface area contributed by atoms with Gasteiger partial charge in [0.15, 0.2) is 6.29 Å². The van der Waals surface area contributed by atoms with Crippen molar-refractivity contribution in [3.63, 3.8) is 0 Å². The number of carbonyl (C=O) groups is 1. The molecule has 11 heavy (non-hydrogen) atoms. The largest absolute Gasteiger partial charge is 0.298 e. The molecular weight excluding hydrogens is 138 g/mol. The van der Waals surface area contributed by atoms with Crippen LogP contribution in [0.15, 0.2) is 12.1 Å². The molecule has 0 aliphatic carbocycles. The minimum Gasteiger partial charge on any atom is -0.298 e. The maximum Gasteiger partial charge on any atom is 0.151 e. The molecule has 1 rings (SSSR count). The van der Waals surface area contributed by atoms with Crippen LogP contribution in [0.3, 0.4) is 0 Å². The molecule has 1 heterocycles. The van der Waals surface area contributed by atoms with Crippen LogP contribution in [0.25, 0.3) is 0 Å². The van der Waals surface area contributed by atoms with E-state index < -0.39 is 0 Å². The molecule has 0 saturated heterocycles. The fourth-order valence-corrected chi connectivity index (χ4v) is 0.945. The van der Waals surface area contributed by atoms with Crippen molar-refractivity contribution in [3.05, 3.63) is 29.1 Å². The zero-order valence-electron chi connectivity index (χ0n) is 6.79. The van der Waals surface area contributed by atoms with Crippen molar-refractivity contribution in [1.29, 1.82) is 0 Å². The van der Waals surface area contributed by atoms with E-state index >= 15 is 0 Å². The summed E-state index contributed by atoms with van der Waals surface area (Å²) in [6, 6.07) is 3.70. The first-order valence-corrected chi connectivity index (χ1v) is 3.69. The van der Waals surface area contributed by atoms with E-state index in [-0.39, 0.29) is 0 Å². The zero-order valence-corrected chi connectivity index (χ0v) is 6.79. The van der Waals surface area contributed by atoms with Crippen molar-refractivity contribution in [2.24, 2.45) is 0 Å². The Morgan fingerprint density at radius 3 is 2.73 bits per heavy atom. The molecule has 0 saturated carbocycles. The highest BCUT2D eigenvalue weighted by Gasteiger charge is 1.97. The topological polar surface area (TPSA) is 30.0 Å². The van der Waals surface area contributed by atoms with Crippen LogP contribution < -0.4 is 0 Å². The second-order valence-electron chi connectivity index (χ2n) is 2.45. The molecule has 0 bridgehead atoms. The van der Waals surface area contributed by atoms with Gasteiger partial charge in [-0.3, -0.25) is 9.78 Å². The molecule has 0 spiro atoms. The lowest BCUT2D eigenvalue weighted by Crippen LogP contribution is -1.94. The fourth-order valence-electron chi connectivity index (χ4n) is 0.945. The summed E-state index contributed by atoms with van der Waals surface area (Å²) in [5, 5.41) is 0. The summed E-state index contributed by atoms with van der Waals surface area (Å²) in [6.07, 6.45) is 1.75. The van der Waals surface area contributed by atoms with Crippen molar-refractivity contribution in [3.8, 4) is 0 Å². The van der Waals surface area contributed by atoms with Crippen molar-refractivity contribution in [1.82, 2.24) is 4.98 Å². The summed E-state index contributed by atoms with van der Waals surface area (Å²) in [5.74, 6) is 0. The van der Waals surface area contributed by atoms with Gasteiger partial charge in [0.2, 0.25) is 0 Å². The van der Waals surface area contributed by atoms with Crippen LogP contribution in [-0.4, -0.2) is 11.3 Å². The minimum atomic E-state index is 0.683. The normalized spacial score (nSPS) is 9.64. The van der Waals surface area contributed by atoms with Crippen molar-refractivity contribution >= 4 is 6.29 Å². The van der Waals surface area contributed by atoms with E-state index in [4.69, 9.17) is 0 Å². The third kappa shape index (κ3) is 1.64. The number of aromatic nitrogens is 1. The Bertz CT molecular complexity index is 268. The molecule has 58 valence electrons. The molecule has 0 amide bonds. The first-order valence-electron chi connectivity index (χ1n) is 3.69. The molecule has 2 nitrogen and oxygen atoms in total. The molecule has 2 heteroatoms. The minimum absolute atomic E-state index is 0.683. The van der Waals surface area contributed by atoms with Gasteiger partial charge in [-0.2, -0.15) is 0 Å². The lowest BCUT2D eigenvalue weighted by molar-refractivity contribution is 0.112. The molecule has 0 radical (unpaired) electrons. The van der Waals surface area contributed by atoms with Crippen molar-refractivity contribution in [2.75, 3.05) is 0 Å². The third-order valence-electron chi connectivity index (χ3n) is 1.67. The Hall–Kier alpha value is -1.18. The van der Waals surface area contributed by atoms with Crippen LogP contribution in [-0.2, 0) is 6.42 Å². The third-order valence-corrected chi connectivity index (χ3v) is 1.67. The lowest BCUT2D eigenvalue weighted by atomic mass is 10.2. The Balaban J connectivity index is 3.09. The number of carbonyl (C=O) groups excluding carboxylic acids is 1. The van der Waals surface area contributed by atoms with Gasteiger partial charge in [0.1, 0.15) is 0 Å². The average Bonchev–Trinajstić information content (AvgIpc) is 2.04. The van der Waals surface area contributed by atoms with Gasteiger partial charge < -0.3 is 0 Å². The van der Waals surface area contributed by atoms with Crippen molar-refractivity contribution in [2.45, 2.75) is 20.3 Å². The van der Waals surface area contributed by atoms with Gasteiger partial charge in [-0.25, -0.2) is 0 Å². The van der Waals surface area contributed by atoms with Crippen LogP contribution in [0.5, 0.6) is 0 Å². The molecule has 0 fully saturated rings. The van der Waals surface area contributed by atoms with Crippen LogP contribution in [0.2, 0.25) is 0 Å². The van der Waals surface area contributed by atoms with Gasteiger partial charge >= 0.3 is 0 Å². The maximum atomic E-state index is 10.4. The second kappa shape index (κ2) is 3.28. The molecule has 0 aromatic carbocycles. The van der Waals surface area contributed by atoms with Gasteiger partial charge in [-0.1, -0.05) is 6.92 Å². The molecule has 1 aromatic heterocycles. The van der Waals surface area contributed by atoms with E-state index in [1.54, 1.807) is 0 Å². The van der Waals surface area contributed by atoms with Gasteiger partial charge in [0, 0.05) is 17.0 Å². The molecular formula is C9H11NO. The first kappa shape index (κ1) is 7.92. The predicted octanol–water partition coefficient (Wildman–Crippen LogP) is 1.76. The quantitative estimate of drug-likeness (QED) is 0.600. The van der Waals surface area contributed by atoms with E-state index in [1.165, 1.54) is 0 Å². The van der Waals surface area contributed by atoms with Gasteiger partial charge in [0.25, 0.3) is 0 Å². The van der Waals surface area contributed by atoms with E-state index in [1.807, 2.05) is 26.0 Å². The standard InChI is InChI=1S/C9H11NO/c1-3-9-5-4-8(6-11)7(2)10-9/h4-6H,3H2,1-2H3. The van der Waals surface area contributed by atoms with Crippen LogP contribution in [0.4, 0.5) is 0 Å². The summed E-state index contributed by atoms with van der Waals surface area (Å²) < 4.78 is 0. The molecule has 0 unspecified atom stereocenters. The molecule has 0 aliphatic rings. The maximum absolute atomic E-state index is 10.4. The Morgan fingerprint density at radius 2 is 2.27 bits per heavy atom. The molecule has 0 atom stereocenters. The smallest absolute Gasteiger partial charge is 0.151 e. The summed E-state index contributed by atoms with van der Waals surface area (Å²) in [7, 11) is 0. The average molecular weight is 149 g/mol. The van der Waals surface area contributed by atoms with Crippen LogP contribution >= 0.6 is 0 Å². The number of aldehydes is 1. The first-order chi connectivity index (χ1) is 5.27. The highest BCUT2D eigenvalue weighted by Crippen LogP contribution is 2.04. The number of hydrogen-bond acceptors (Lipinski definition) is 2. The number of hydrogen-bond donors (Lipinski definition) is 0. The highest BCUT2D eigenvalue weighted by molar-refractivity contribution is 5.76. The zero-order chi connectivity index (χ0) is 8.27. The molecule has 0 aliphatic heterocycles. The number of aryl methyl sites for hydroxylation is 2. The van der Waals surface area contributed by atoms with Crippen molar-refractivity contribution < 1.29 is 4.79 Å². The Labute approximate surface area is 66.3 Å². The second-order valence-corrected chi connectivity index (χ2v) is 2.45. The number of pyridine rings is 1. The summed E-state index contributed by atoms with van der Waals surface area (Å²) in [5.41, 5.74) is 2.54. The Kier molecular flexibility index (Phi) is 2.36. The van der Waals surface area contributed by atoms with E-state index in [9.17, 15) is 4.79 Å². The lowest BCUT2D eigenvalue weighted by Gasteiger charge is -1.99. The van der Waals surface area contributed by atoms with E-state index in [2.05, 4.69) is 4.98 Å². The molecule has 0 N–H and O–H groups in total. The molecule has 1 aromatic rings. The summed E-state index contributed by atoms with van der Waals surface area (Å²) in [6.45, 7) is 3.89. The van der Waals surface area contributed by atoms with Crippen LogP contribution in [0.1, 0.15) is 28.7 Å². The summed E-state index contributed by atoms with van der Waals surface area (Å²) >= 11 is 0. The Morgan fingerprint density at radius 1 is 1.55 bits per heavy atom. The van der Waals surface area contributed by atoms with Gasteiger partial charge in [-0.05, 0) is 25.5 Å². The number of rotatable bonds is 2. The van der Waals surface area contributed by atoms with Gasteiger partial charge in [-0.15, -0.1) is 0 Å². The van der Waals surface area contributed by atoms with E-state index in [0.717, 1.165) is 24.1 Å². The van der Waals surface area contributed by atoms with Gasteiger partial charge in [0.05, 0.1) is 0 Å². The van der Waals surface area contributed by atoms with E-state index in [0.29, 0.717) is 5.56 Å². The highest BCUT2D eigenvalue weighted by atomic mass is 16.1. The number of nitrogens with zero attached hydrogens (tertiary/aromatic N) is 1. The van der Waals surface area contributed by atoms with Crippen LogP contribution in [0, 0.1) is 6.92 Å². The fraction of sp³-hybridized carbons (Fsp3) is 0.333. The monoisotopic (exact) mass is 149 g/mol. The summed E-state index contributed by atoms with van der Waals surface area (Å²) in [4.78, 5) is 14.6.